The van der Waals surface area contributed by atoms with E-state index in [1.54, 1.807) is 13.0 Å². The Bertz CT molecular complexity index is 418. The van der Waals surface area contributed by atoms with Gasteiger partial charge in [-0.3, -0.25) is 5.32 Å². The predicted octanol–water partition coefficient (Wildman–Crippen LogP) is 2.20. The van der Waals surface area contributed by atoms with Crippen LogP contribution >= 0.6 is 12.2 Å². The average Bonchev–Trinajstić information content (AvgIpc) is 2.21. The number of rotatable bonds is 3. The number of hydrogen-bond donors (Lipinski definition) is 2. The number of hydrogen-bond acceptors (Lipinski definition) is 3. The topological polar surface area (TPSA) is 64.3 Å². The molecule has 0 radical (unpaired) electrons. The summed E-state index contributed by atoms with van der Waals surface area (Å²) in [5.41, 5.74) is 7.81. The van der Waals surface area contributed by atoms with Crippen molar-refractivity contribution >= 4 is 29.0 Å². The number of aryl methyl sites for hydroxylation is 1. The van der Waals surface area contributed by atoms with Gasteiger partial charge < -0.3 is 10.5 Å². The number of ether oxygens (including phenoxy) is 1. The van der Waals surface area contributed by atoms with Crippen LogP contribution in [-0.2, 0) is 4.74 Å². The lowest BCUT2D eigenvalue weighted by Crippen LogP contribution is -2.15. The van der Waals surface area contributed by atoms with Crippen LogP contribution in [0.5, 0.6) is 0 Å². The van der Waals surface area contributed by atoms with Crippen molar-refractivity contribution in [3.05, 3.63) is 29.3 Å². The summed E-state index contributed by atoms with van der Waals surface area (Å²) < 4.78 is 4.79. The number of benzene rings is 1. The minimum Gasteiger partial charge on any atom is -0.450 e. The molecule has 0 aliphatic heterocycles. The quantitative estimate of drug-likeness (QED) is 0.792. The van der Waals surface area contributed by atoms with Crippen molar-refractivity contribution in [2.24, 2.45) is 5.73 Å². The van der Waals surface area contributed by atoms with Crippen molar-refractivity contribution in [2.45, 2.75) is 13.8 Å². The van der Waals surface area contributed by atoms with Gasteiger partial charge in [-0.1, -0.05) is 24.4 Å². The number of amides is 1. The molecule has 0 bridgehead atoms. The van der Waals surface area contributed by atoms with Gasteiger partial charge in [0, 0.05) is 11.3 Å². The third-order valence-corrected chi connectivity index (χ3v) is 2.27. The monoisotopic (exact) mass is 238 g/mol. The molecule has 16 heavy (non-hydrogen) atoms. The molecule has 0 saturated carbocycles. The molecule has 0 fully saturated rings. The average molecular weight is 238 g/mol. The molecule has 0 aromatic heterocycles. The van der Waals surface area contributed by atoms with E-state index in [0.717, 1.165) is 5.56 Å². The molecular formula is C11H14N2O2S. The predicted molar refractivity (Wildman–Crippen MR) is 67.7 cm³/mol. The molecule has 0 saturated heterocycles. The lowest BCUT2D eigenvalue weighted by Gasteiger charge is -2.09. The number of nitrogens with two attached hydrogens (primary N) is 1. The molecule has 0 spiro atoms. The number of carbonyl (C=O) groups excluding carboxylic acids is 1. The summed E-state index contributed by atoms with van der Waals surface area (Å²) in [6.45, 7) is 3.96. The minimum absolute atomic E-state index is 0.298. The van der Waals surface area contributed by atoms with Crippen molar-refractivity contribution in [3.8, 4) is 0 Å². The summed E-state index contributed by atoms with van der Waals surface area (Å²) in [6.07, 6.45) is -0.481. The van der Waals surface area contributed by atoms with Crippen molar-refractivity contribution in [1.82, 2.24) is 0 Å². The zero-order valence-corrected chi connectivity index (χ0v) is 10.1. The van der Waals surface area contributed by atoms with Crippen LogP contribution in [0.1, 0.15) is 18.1 Å². The van der Waals surface area contributed by atoms with E-state index in [-0.39, 0.29) is 0 Å². The second kappa shape index (κ2) is 5.46. The highest BCUT2D eigenvalue weighted by atomic mass is 32.1. The SMILES string of the molecule is CCOC(=O)Nc1cc(C(N)=S)ccc1C. The van der Waals surface area contributed by atoms with Crippen molar-refractivity contribution in [1.29, 1.82) is 0 Å². The summed E-state index contributed by atoms with van der Waals surface area (Å²) in [6, 6.07) is 5.39. The molecule has 4 nitrogen and oxygen atoms in total. The normalized spacial score (nSPS) is 9.62. The summed E-state index contributed by atoms with van der Waals surface area (Å²) in [5, 5.41) is 2.63. The van der Waals surface area contributed by atoms with E-state index in [1.807, 2.05) is 19.1 Å². The number of thiocarbonyl (C=S) groups is 1. The fourth-order valence-corrected chi connectivity index (χ4v) is 1.31. The molecule has 0 atom stereocenters. The van der Waals surface area contributed by atoms with Gasteiger partial charge in [0.25, 0.3) is 0 Å². The molecule has 3 N–H and O–H groups in total. The molecule has 0 heterocycles. The van der Waals surface area contributed by atoms with E-state index in [0.29, 0.717) is 22.8 Å². The maximum absolute atomic E-state index is 11.2. The Labute approximate surface area is 99.8 Å². The highest BCUT2D eigenvalue weighted by Gasteiger charge is 2.06. The van der Waals surface area contributed by atoms with Gasteiger partial charge in [-0.05, 0) is 25.5 Å². The third-order valence-electron chi connectivity index (χ3n) is 2.03. The van der Waals surface area contributed by atoms with Crippen LogP contribution < -0.4 is 11.1 Å². The van der Waals surface area contributed by atoms with E-state index >= 15 is 0 Å². The van der Waals surface area contributed by atoms with Crippen LogP contribution in [0, 0.1) is 6.92 Å². The number of anilines is 1. The summed E-state index contributed by atoms with van der Waals surface area (Å²) in [7, 11) is 0. The van der Waals surface area contributed by atoms with Crippen LogP contribution in [0.3, 0.4) is 0 Å². The van der Waals surface area contributed by atoms with E-state index in [9.17, 15) is 4.79 Å². The van der Waals surface area contributed by atoms with Gasteiger partial charge in [0.15, 0.2) is 0 Å². The number of nitrogens with one attached hydrogen (secondary N) is 1. The first-order chi connectivity index (χ1) is 7.54. The molecular weight excluding hydrogens is 224 g/mol. The first-order valence-electron chi connectivity index (χ1n) is 4.88. The van der Waals surface area contributed by atoms with Gasteiger partial charge in [-0.25, -0.2) is 4.79 Å². The van der Waals surface area contributed by atoms with E-state index in [4.69, 9.17) is 22.7 Å². The largest absolute Gasteiger partial charge is 0.450 e. The highest BCUT2D eigenvalue weighted by molar-refractivity contribution is 7.80. The Kier molecular flexibility index (Phi) is 4.25. The third kappa shape index (κ3) is 3.20. The van der Waals surface area contributed by atoms with Crippen LogP contribution in [0.4, 0.5) is 10.5 Å². The van der Waals surface area contributed by atoms with Crippen molar-refractivity contribution < 1.29 is 9.53 Å². The number of carbonyl (C=O) groups is 1. The second-order valence-corrected chi connectivity index (χ2v) is 3.68. The first kappa shape index (κ1) is 12.4. The van der Waals surface area contributed by atoms with Crippen LogP contribution in [0.2, 0.25) is 0 Å². The smallest absolute Gasteiger partial charge is 0.411 e. The van der Waals surface area contributed by atoms with Gasteiger partial charge in [0.05, 0.1) is 6.61 Å². The fraction of sp³-hybridized carbons (Fsp3) is 0.273. The molecule has 5 heteroatoms. The van der Waals surface area contributed by atoms with Gasteiger partial charge >= 0.3 is 6.09 Å². The lowest BCUT2D eigenvalue weighted by atomic mass is 10.1. The van der Waals surface area contributed by atoms with Gasteiger partial charge in [-0.2, -0.15) is 0 Å². The fourth-order valence-electron chi connectivity index (χ4n) is 1.19. The Balaban J connectivity index is 2.90. The van der Waals surface area contributed by atoms with E-state index in [2.05, 4.69) is 5.32 Å². The van der Waals surface area contributed by atoms with E-state index < -0.39 is 6.09 Å². The van der Waals surface area contributed by atoms with Gasteiger partial charge in [0.2, 0.25) is 0 Å². The Hall–Kier alpha value is -1.62. The second-order valence-electron chi connectivity index (χ2n) is 3.24. The van der Waals surface area contributed by atoms with Gasteiger partial charge in [-0.15, -0.1) is 0 Å². The lowest BCUT2D eigenvalue weighted by molar-refractivity contribution is 0.168. The zero-order chi connectivity index (χ0) is 12.1. The first-order valence-corrected chi connectivity index (χ1v) is 5.29. The zero-order valence-electron chi connectivity index (χ0n) is 9.24. The molecule has 1 rings (SSSR count). The maximum Gasteiger partial charge on any atom is 0.411 e. The molecule has 86 valence electrons. The highest BCUT2D eigenvalue weighted by Crippen LogP contribution is 2.17. The minimum atomic E-state index is -0.481. The summed E-state index contributed by atoms with van der Waals surface area (Å²) in [4.78, 5) is 11.5. The molecule has 1 aromatic rings. The summed E-state index contributed by atoms with van der Waals surface area (Å²) in [5.74, 6) is 0. The van der Waals surface area contributed by atoms with Crippen LogP contribution in [0.15, 0.2) is 18.2 Å². The van der Waals surface area contributed by atoms with Crippen LogP contribution in [0.25, 0.3) is 0 Å². The molecule has 0 aliphatic rings. The molecule has 0 aliphatic carbocycles. The van der Waals surface area contributed by atoms with Crippen molar-refractivity contribution in [3.63, 3.8) is 0 Å². The Morgan fingerprint density at radius 3 is 2.81 bits per heavy atom. The Morgan fingerprint density at radius 1 is 1.56 bits per heavy atom. The maximum atomic E-state index is 11.2. The standard InChI is InChI=1S/C11H14N2O2S/c1-3-15-11(14)13-9-6-8(10(12)16)5-4-7(9)2/h4-6H,3H2,1-2H3,(H2,12,16)(H,13,14). The Morgan fingerprint density at radius 2 is 2.25 bits per heavy atom. The molecule has 1 amide bonds. The van der Waals surface area contributed by atoms with E-state index in [1.165, 1.54) is 0 Å². The molecule has 1 aromatic carbocycles. The van der Waals surface area contributed by atoms with Gasteiger partial charge in [0.1, 0.15) is 4.99 Å². The van der Waals surface area contributed by atoms with Crippen LogP contribution in [-0.4, -0.2) is 17.7 Å². The summed E-state index contributed by atoms with van der Waals surface area (Å²) >= 11 is 4.86. The molecule has 0 unspecified atom stereocenters. The van der Waals surface area contributed by atoms with Crippen molar-refractivity contribution in [2.75, 3.05) is 11.9 Å².